The summed E-state index contributed by atoms with van der Waals surface area (Å²) in [5.74, 6) is 0. The van der Waals surface area contributed by atoms with Crippen molar-refractivity contribution in [3.8, 4) is 0 Å². The van der Waals surface area contributed by atoms with Gasteiger partial charge in [0.05, 0.1) is 0 Å². The fraction of sp³-hybridized carbons (Fsp3) is 0.917. The van der Waals surface area contributed by atoms with Crippen LogP contribution in [0.2, 0.25) is 0 Å². The van der Waals surface area contributed by atoms with Crippen molar-refractivity contribution in [3.63, 3.8) is 0 Å². The zero-order valence-electron chi connectivity index (χ0n) is 11.0. The van der Waals surface area contributed by atoms with Crippen molar-refractivity contribution < 1.29 is 9.53 Å². The first-order valence-electron chi connectivity index (χ1n) is 5.97. The maximum absolute atomic E-state index is 12.0. The quantitative estimate of drug-likeness (QED) is 0.691. The number of nitrogens with zero attached hydrogens (tertiary/aromatic N) is 1. The number of hydrogen-bond acceptors (Lipinski definition) is 3. The summed E-state index contributed by atoms with van der Waals surface area (Å²) in [5.41, 5.74) is 5.49. The first kappa shape index (κ1) is 13.3. The molecule has 0 aromatic heterocycles. The van der Waals surface area contributed by atoms with Crippen LogP contribution in [-0.4, -0.2) is 34.7 Å². The minimum atomic E-state index is -0.434. The Morgan fingerprint density at radius 1 is 1.25 bits per heavy atom. The average Bonchev–Trinajstić information content (AvgIpc) is 1.96. The highest BCUT2D eigenvalue weighted by Gasteiger charge is 2.35. The normalized spacial score (nSPS) is 31.4. The van der Waals surface area contributed by atoms with Gasteiger partial charge in [-0.3, -0.25) is 0 Å². The number of carbonyl (C=O) groups excluding carboxylic acids is 1. The van der Waals surface area contributed by atoms with E-state index >= 15 is 0 Å². The highest BCUT2D eigenvalue weighted by molar-refractivity contribution is 5.69. The van der Waals surface area contributed by atoms with Gasteiger partial charge in [-0.05, 0) is 47.5 Å². The summed E-state index contributed by atoms with van der Waals surface area (Å²) >= 11 is 0. The van der Waals surface area contributed by atoms with Gasteiger partial charge in [0.1, 0.15) is 5.60 Å². The molecule has 0 aliphatic carbocycles. The van der Waals surface area contributed by atoms with Crippen LogP contribution in [0.4, 0.5) is 4.79 Å². The van der Waals surface area contributed by atoms with Gasteiger partial charge in [-0.2, -0.15) is 0 Å². The first-order valence-corrected chi connectivity index (χ1v) is 5.97. The molecule has 2 unspecified atom stereocenters. The van der Waals surface area contributed by atoms with E-state index in [0.29, 0.717) is 0 Å². The van der Waals surface area contributed by atoms with Crippen molar-refractivity contribution in [3.05, 3.63) is 0 Å². The average molecular weight is 228 g/mol. The molecule has 1 saturated heterocycles. The van der Waals surface area contributed by atoms with Crippen LogP contribution in [-0.2, 0) is 4.74 Å². The van der Waals surface area contributed by atoms with Gasteiger partial charge in [0.2, 0.25) is 0 Å². The van der Waals surface area contributed by atoms with Crippen molar-refractivity contribution >= 4 is 6.09 Å². The Morgan fingerprint density at radius 2 is 1.69 bits per heavy atom. The Labute approximate surface area is 98.1 Å². The number of amides is 1. The van der Waals surface area contributed by atoms with Crippen LogP contribution in [0.3, 0.4) is 0 Å². The minimum Gasteiger partial charge on any atom is -0.444 e. The topological polar surface area (TPSA) is 55.6 Å². The molecule has 94 valence electrons. The van der Waals surface area contributed by atoms with Gasteiger partial charge in [0.15, 0.2) is 0 Å². The van der Waals surface area contributed by atoms with Crippen LogP contribution in [0.5, 0.6) is 0 Å². The molecule has 0 saturated carbocycles. The number of ether oxygens (including phenoxy) is 1. The summed E-state index contributed by atoms with van der Waals surface area (Å²) in [6.45, 7) is 9.71. The molecule has 0 bridgehead atoms. The predicted octanol–water partition coefficient (Wildman–Crippen LogP) is 2.12. The van der Waals surface area contributed by atoms with E-state index in [0.717, 1.165) is 12.8 Å². The Morgan fingerprint density at radius 3 is 2.06 bits per heavy atom. The number of rotatable bonds is 0. The smallest absolute Gasteiger partial charge is 0.410 e. The highest BCUT2D eigenvalue weighted by Crippen LogP contribution is 2.24. The van der Waals surface area contributed by atoms with E-state index in [2.05, 4.69) is 0 Å². The molecular formula is C12H24N2O2. The number of carbonyl (C=O) groups is 1. The molecule has 1 amide bonds. The Balaban J connectivity index is 2.67. The molecule has 0 aromatic carbocycles. The summed E-state index contributed by atoms with van der Waals surface area (Å²) in [6, 6.07) is 0.519. The van der Waals surface area contributed by atoms with E-state index in [1.54, 1.807) is 0 Å². The van der Waals surface area contributed by atoms with E-state index in [4.69, 9.17) is 10.5 Å². The van der Waals surface area contributed by atoms with Crippen LogP contribution >= 0.6 is 0 Å². The minimum absolute atomic E-state index is 0.161. The summed E-state index contributed by atoms with van der Waals surface area (Å²) in [6.07, 6.45) is 1.48. The maximum atomic E-state index is 12.0. The van der Waals surface area contributed by atoms with Gasteiger partial charge in [0.25, 0.3) is 0 Å². The van der Waals surface area contributed by atoms with Crippen LogP contribution in [0, 0.1) is 0 Å². The Hall–Kier alpha value is -0.770. The number of likely N-dealkylation sites (tertiary alicyclic amines) is 1. The van der Waals surface area contributed by atoms with Crippen molar-refractivity contribution in [1.82, 2.24) is 4.90 Å². The van der Waals surface area contributed by atoms with E-state index < -0.39 is 5.60 Å². The Kier molecular flexibility index (Phi) is 3.84. The van der Waals surface area contributed by atoms with Gasteiger partial charge in [-0.15, -0.1) is 0 Å². The van der Waals surface area contributed by atoms with E-state index in [-0.39, 0.29) is 24.2 Å². The zero-order chi connectivity index (χ0) is 12.5. The van der Waals surface area contributed by atoms with Crippen LogP contribution < -0.4 is 5.73 Å². The van der Waals surface area contributed by atoms with Crippen LogP contribution in [0.25, 0.3) is 0 Å². The molecule has 1 rings (SSSR count). The second-order valence-electron chi connectivity index (χ2n) is 5.82. The third-order valence-corrected chi connectivity index (χ3v) is 2.84. The molecule has 1 heterocycles. The molecule has 2 atom stereocenters. The number of piperidine rings is 1. The standard InChI is InChI=1S/C12H24N2O2/c1-8-6-10(13)7-9(2)14(8)11(15)16-12(3,4)5/h8-10H,6-7,13H2,1-5H3. The largest absolute Gasteiger partial charge is 0.444 e. The SMILES string of the molecule is CC1CC(N)CC(C)N1C(=O)OC(C)(C)C. The highest BCUT2D eigenvalue weighted by atomic mass is 16.6. The van der Waals surface area contributed by atoms with Crippen molar-refractivity contribution in [2.24, 2.45) is 5.73 Å². The predicted molar refractivity (Wildman–Crippen MR) is 64.2 cm³/mol. The fourth-order valence-electron chi connectivity index (χ4n) is 2.31. The molecular weight excluding hydrogens is 204 g/mol. The lowest BCUT2D eigenvalue weighted by atomic mass is 9.94. The molecule has 16 heavy (non-hydrogen) atoms. The van der Waals surface area contributed by atoms with Gasteiger partial charge < -0.3 is 15.4 Å². The van der Waals surface area contributed by atoms with Crippen molar-refractivity contribution in [2.45, 2.75) is 71.2 Å². The molecule has 0 spiro atoms. The van der Waals surface area contributed by atoms with Gasteiger partial charge in [0, 0.05) is 18.1 Å². The van der Waals surface area contributed by atoms with Gasteiger partial charge in [-0.25, -0.2) is 4.79 Å². The maximum Gasteiger partial charge on any atom is 0.410 e. The molecule has 1 aliphatic heterocycles. The molecule has 1 aliphatic rings. The third kappa shape index (κ3) is 3.37. The lowest BCUT2D eigenvalue weighted by molar-refractivity contribution is -0.00210. The molecule has 0 radical (unpaired) electrons. The molecule has 4 nitrogen and oxygen atoms in total. The monoisotopic (exact) mass is 228 g/mol. The second kappa shape index (κ2) is 4.62. The molecule has 4 heteroatoms. The van der Waals surface area contributed by atoms with Gasteiger partial charge >= 0.3 is 6.09 Å². The van der Waals surface area contributed by atoms with Crippen molar-refractivity contribution in [1.29, 1.82) is 0 Å². The Bertz CT molecular complexity index is 248. The number of hydrogen-bond donors (Lipinski definition) is 1. The van der Waals surface area contributed by atoms with Crippen molar-refractivity contribution in [2.75, 3.05) is 0 Å². The third-order valence-electron chi connectivity index (χ3n) is 2.84. The van der Waals surface area contributed by atoms with Crippen LogP contribution in [0.15, 0.2) is 0 Å². The van der Waals surface area contributed by atoms with Gasteiger partial charge in [-0.1, -0.05) is 0 Å². The fourth-order valence-corrected chi connectivity index (χ4v) is 2.31. The van der Waals surface area contributed by atoms with Crippen LogP contribution in [0.1, 0.15) is 47.5 Å². The van der Waals surface area contributed by atoms with E-state index in [9.17, 15) is 4.79 Å². The van der Waals surface area contributed by atoms with E-state index in [1.807, 2.05) is 39.5 Å². The first-order chi connectivity index (χ1) is 7.20. The lowest BCUT2D eigenvalue weighted by Gasteiger charge is -2.41. The number of nitrogens with two attached hydrogens (primary N) is 1. The second-order valence-corrected chi connectivity index (χ2v) is 5.82. The summed E-state index contributed by atoms with van der Waals surface area (Å²) in [4.78, 5) is 13.8. The molecule has 2 N–H and O–H groups in total. The summed E-state index contributed by atoms with van der Waals surface area (Å²) < 4.78 is 5.40. The summed E-state index contributed by atoms with van der Waals surface area (Å²) in [7, 11) is 0. The van der Waals surface area contributed by atoms with E-state index in [1.165, 1.54) is 0 Å². The summed E-state index contributed by atoms with van der Waals surface area (Å²) in [5, 5.41) is 0. The lowest BCUT2D eigenvalue weighted by Crippen LogP contribution is -2.54. The molecule has 0 aromatic rings. The molecule has 1 fully saturated rings. The zero-order valence-corrected chi connectivity index (χ0v) is 11.0.